The van der Waals surface area contributed by atoms with Crippen molar-refractivity contribution in [1.82, 2.24) is 23.7 Å². The second kappa shape index (κ2) is 36.3. The highest BCUT2D eigenvalue weighted by Gasteiger charge is 2.15. The summed E-state index contributed by atoms with van der Waals surface area (Å²) in [5.41, 5.74) is 27.6. The standard InChI is InChI=1S/C22H21NO2.C20H15N3S.C19H17N.C14H13N.C8H10S.C7H10OS.C6H8S/c1-13-4-6-17-18-7-5-15(11-21(18)23-20(17)8-13)19-10-16(12-24)14(2)9-22(19)25-3;1-11-3-6-15-16-8-5-13(10-18(16)21-17(15)9-11)14-7-4-12(2)19-20(14)23-24-22-19;1-3-7-16(8-4-1)15-17-11-13-19(14-12-17)20-18-9-5-2-6-10-18;1-9-3-5-11-12-6-4-10(2)8-14(12)15-13(11)7-9;1-3-4-8-6-5-7(2)9-8;1-5-3-7(4-8)6(2)9-5;1-5-3-4-6(2)7-5/h4-11,23-24H,12H2,1-3H3;3-10,21H,1-2H3;1-14,20H,15H2;3-8,15H,1-2H3;3-6H,1-2H3;3,8H,4H2,1-2H3;3-4H,1-2H3/b;;;;4-3+;;. The Morgan fingerprint density at radius 2 is 0.835 bits per heavy atom. The number of hydrogen-bond donors (Lipinski definition) is 6. The zero-order valence-electron chi connectivity index (χ0n) is 64.3. The molecule has 7 aromatic heterocycles. The molecule has 18 rings (SSSR count). The fraction of sp³-hybridized carbons (Fsp3) is 0.167. The minimum atomic E-state index is 0.0245. The highest BCUT2D eigenvalue weighted by Crippen LogP contribution is 2.38. The number of para-hydroxylation sites is 1. The van der Waals surface area contributed by atoms with Crippen LogP contribution < -0.4 is 10.1 Å². The maximum atomic E-state index is 9.60. The number of aliphatic hydroxyl groups excluding tert-OH is 2. The molecule has 0 bridgehead atoms. The third kappa shape index (κ3) is 19.7. The molecule has 0 atom stereocenters. The molecule has 9 nitrogen and oxygen atoms in total. The largest absolute Gasteiger partial charge is 0.496 e. The van der Waals surface area contributed by atoms with Gasteiger partial charge in [0.2, 0.25) is 0 Å². The summed E-state index contributed by atoms with van der Waals surface area (Å²) in [5, 5.41) is 29.3. The molecule has 0 aliphatic carbocycles. The zero-order chi connectivity index (χ0) is 76.7. The van der Waals surface area contributed by atoms with E-state index in [1.54, 1.807) is 18.4 Å². The van der Waals surface area contributed by atoms with Crippen molar-refractivity contribution in [3.05, 3.63) is 340 Å². The molecule has 0 aliphatic heterocycles. The van der Waals surface area contributed by atoms with Gasteiger partial charge in [-0.25, -0.2) is 0 Å². The van der Waals surface area contributed by atoms with Crippen molar-refractivity contribution in [3.8, 4) is 28.0 Å². The van der Waals surface area contributed by atoms with Crippen LogP contribution in [0.2, 0.25) is 0 Å². The van der Waals surface area contributed by atoms with Gasteiger partial charge in [0.05, 0.1) is 32.1 Å². The van der Waals surface area contributed by atoms with Gasteiger partial charge < -0.3 is 35.2 Å². The van der Waals surface area contributed by atoms with Crippen LogP contribution in [0.4, 0.5) is 11.4 Å². The van der Waals surface area contributed by atoms with Crippen molar-refractivity contribution in [2.24, 2.45) is 0 Å². The van der Waals surface area contributed by atoms with Crippen LogP contribution in [0.25, 0.3) is 105 Å². The lowest BCUT2D eigenvalue weighted by Crippen LogP contribution is -1.94. The van der Waals surface area contributed by atoms with Crippen LogP contribution in [0.1, 0.15) is 91.8 Å². The van der Waals surface area contributed by atoms with Gasteiger partial charge in [0.1, 0.15) is 16.8 Å². The Kier molecular flexibility index (Phi) is 25.8. The minimum absolute atomic E-state index is 0.0245. The lowest BCUT2D eigenvalue weighted by molar-refractivity contribution is 0.281. The first-order valence-electron chi connectivity index (χ1n) is 36.7. The molecule has 0 saturated heterocycles. The quantitative estimate of drug-likeness (QED) is 0.0808. The molecule has 0 saturated carbocycles. The highest BCUT2D eigenvalue weighted by atomic mass is 32.1. The van der Waals surface area contributed by atoms with Crippen molar-refractivity contribution in [2.45, 2.75) is 103 Å². The lowest BCUT2D eigenvalue weighted by Gasteiger charge is -2.13. The van der Waals surface area contributed by atoms with Gasteiger partial charge in [0.25, 0.3) is 0 Å². The summed E-state index contributed by atoms with van der Waals surface area (Å²) < 4.78 is 14.5. The number of methoxy groups -OCH3 is 1. The summed E-state index contributed by atoms with van der Waals surface area (Å²) in [7, 11) is 1.68. The Bertz CT molecular complexity index is 5970. The van der Waals surface area contributed by atoms with Crippen molar-refractivity contribution in [2.75, 3.05) is 12.4 Å². The number of nitrogens with zero attached hydrogens (tertiary/aromatic N) is 2. The van der Waals surface area contributed by atoms with Crippen LogP contribution in [0.5, 0.6) is 5.75 Å². The van der Waals surface area contributed by atoms with Crippen LogP contribution in [0, 0.1) is 76.2 Å². The van der Waals surface area contributed by atoms with Crippen LogP contribution in [-0.2, 0) is 19.6 Å². The number of aromatic nitrogens is 5. The number of aliphatic hydroxyl groups is 2. The molecule has 13 heteroatoms. The number of nitrogens with one attached hydrogen (secondary N) is 4. The van der Waals surface area contributed by atoms with Crippen molar-refractivity contribution >= 4 is 140 Å². The Labute approximate surface area is 656 Å². The van der Waals surface area contributed by atoms with Crippen LogP contribution in [0.3, 0.4) is 0 Å². The molecule has 7 heterocycles. The number of hydrogen-bond acceptors (Lipinski definition) is 10. The lowest BCUT2D eigenvalue weighted by atomic mass is 9.97. The summed E-state index contributed by atoms with van der Waals surface area (Å²) >= 11 is 6.68. The first-order chi connectivity index (χ1) is 52.8. The third-order valence-electron chi connectivity index (χ3n) is 19.0. The molecule has 6 N–H and O–H groups in total. The molecular weight excluding hydrogens is 1410 g/mol. The number of ether oxygens (including phenoxy) is 1. The maximum Gasteiger partial charge on any atom is 0.126 e. The average Bonchev–Trinajstić information content (AvgIpc) is 1.65. The van der Waals surface area contributed by atoms with Gasteiger partial charge in [-0.05, 0) is 265 Å². The smallest absolute Gasteiger partial charge is 0.126 e. The molecule has 0 aliphatic rings. The normalized spacial score (nSPS) is 11.0. The van der Waals surface area contributed by atoms with Crippen LogP contribution in [-0.4, -0.2) is 41.0 Å². The molecule has 550 valence electrons. The number of aryl methyl sites for hydroxylation is 11. The van der Waals surface area contributed by atoms with E-state index in [1.165, 1.54) is 134 Å². The van der Waals surface area contributed by atoms with E-state index in [1.807, 2.05) is 79.8 Å². The van der Waals surface area contributed by atoms with E-state index in [2.05, 4.69) is 316 Å². The van der Waals surface area contributed by atoms with Crippen molar-refractivity contribution in [3.63, 3.8) is 0 Å². The molecule has 109 heavy (non-hydrogen) atoms. The molecule has 0 radical (unpaired) electrons. The number of H-pyrrole nitrogens is 3. The van der Waals surface area contributed by atoms with E-state index >= 15 is 0 Å². The summed E-state index contributed by atoms with van der Waals surface area (Å²) in [4.78, 5) is 18.6. The van der Waals surface area contributed by atoms with Gasteiger partial charge in [-0.1, -0.05) is 152 Å². The topological polar surface area (TPSA) is 135 Å². The second-order valence-corrected chi connectivity index (χ2v) is 32.5. The summed E-state index contributed by atoms with van der Waals surface area (Å²) in [6.07, 6.45) is 5.16. The number of anilines is 2. The van der Waals surface area contributed by atoms with E-state index in [4.69, 9.17) is 9.84 Å². The van der Waals surface area contributed by atoms with Gasteiger partial charge in [-0.2, -0.15) is 8.75 Å². The first kappa shape index (κ1) is 77.6. The Morgan fingerprint density at radius 3 is 1.28 bits per heavy atom. The van der Waals surface area contributed by atoms with Gasteiger partial charge in [0.15, 0.2) is 0 Å². The SMILES string of the molecule is C/C=C/c1ccc(C)s1.COc1cc(C)c(CO)cc1-c1ccc2c(c1)[nH]c1cc(C)ccc12.Cc1cc(CO)c(C)s1.Cc1ccc(C)s1.Cc1ccc2c(c1)[nH]c1cc(-c3ccc(C)c4nsnc34)ccc12.Cc1ccc2c(c1)[nH]c1cc(C)ccc12.c1ccc(Cc2ccc(Nc3ccccc3)cc2)cc1. The summed E-state index contributed by atoms with van der Waals surface area (Å²) in [5.74, 6) is 0.820. The van der Waals surface area contributed by atoms with Crippen molar-refractivity contribution < 1.29 is 14.9 Å². The molecular formula is C96H94N6O3S4. The van der Waals surface area contributed by atoms with Gasteiger partial charge >= 0.3 is 0 Å². The number of thiophene rings is 3. The maximum absolute atomic E-state index is 9.60. The number of fused-ring (bicyclic) bond motifs is 10. The summed E-state index contributed by atoms with van der Waals surface area (Å²) in [6.45, 7) is 25.2. The predicted molar refractivity (Wildman–Crippen MR) is 473 cm³/mol. The monoisotopic (exact) mass is 1510 g/mol. The van der Waals surface area contributed by atoms with E-state index in [0.717, 1.165) is 84.5 Å². The van der Waals surface area contributed by atoms with Crippen LogP contribution >= 0.6 is 45.7 Å². The minimum Gasteiger partial charge on any atom is -0.496 e. The zero-order valence-corrected chi connectivity index (χ0v) is 67.5. The number of allylic oxidation sites excluding steroid dienone is 1. The fourth-order valence-corrected chi connectivity index (χ4v) is 16.6. The predicted octanol–water partition coefficient (Wildman–Crippen LogP) is 27.0. The Morgan fingerprint density at radius 1 is 0.385 bits per heavy atom. The average molecular weight is 1510 g/mol. The first-order valence-corrected chi connectivity index (χ1v) is 39.9. The van der Waals surface area contributed by atoms with Crippen LogP contribution in [0.15, 0.2) is 255 Å². The Hall–Kier alpha value is -11.0. The van der Waals surface area contributed by atoms with Gasteiger partial charge in [-0.3, -0.25) is 0 Å². The molecule has 18 aromatic rings. The highest BCUT2D eigenvalue weighted by molar-refractivity contribution is 7.13. The van der Waals surface area contributed by atoms with Gasteiger partial charge in [0, 0.05) is 117 Å². The van der Waals surface area contributed by atoms with E-state index in [0.29, 0.717) is 0 Å². The molecule has 0 fully saturated rings. The number of benzene rings is 11. The molecule has 0 unspecified atom stereocenters. The van der Waals surface area contributed by atoms with E-state index < -0.39 is 0 Å². The second-order valence-electron chi connectivity index (χ2n) is 27.7. The number of rotatable bonds is 10. The fourth-order valence-electron chi connectivity index (χ4n) is 13.4. The molecule has 0 amide bonds. The van der Waals surface area contributed by atoms with Crippen molar-refractivity contribution in [1.29, 1.82) is 0 Å². The van der Waals surface area contributed by atoms with Gasteiger partial charge in [-0.15, -0.1) is 34.0 Å². The van der Waals surface area contributed by atoms with E-state index in [9.17, 15) is 5.11 Å². The summed E-state index contributed by atoms with van der Waals surface area (Å²) in [6, 6.07) is 87.4. The number of aromatic amines is 3. The molecule has 11 aromatic carbocycles. The third-order valence-corrected chi connectivity index (χ3v) is 22.5. The van der Waals surface area contributed by atoms with E-state index in [-0.39, 0.29) is 13.2 Å². The molecule has 0 spiro atoms. The Balaban J connectivity index is 0.000000124.